The van der Waals surface area contributed by atoms with Crippen LogP contribution in [-0.2, 0) is 14.3 Å². The summed E-state index contributed by atoms with van der Waals surface area (Å²) < 4.78 is 11.0. The number of carbonyl (C=O) groups excluding carboxylic acids is 1. The fourth-order valence-corrected chi connectivity index (χ4v) is 4.16. The molecule has 4 rings (SSSR count). The number of fused-ring (bicyclic) bond motifs is 1. The van der Waals surface area contributed by atoms with Crippen molar-refractivity contribution in [1.82, 2.24) is 0 Å². The van der Waals surface area contributed by atoms with Crippen LogP contribution in [0.5, 0.6) is 0 Å². The molecule has 1 spiro atoms. The van der Waals surface area contributed by atoms with Gasteiger partial charge in [0.25, 0.3) is 0 Å². The maximum Gasteiger partial charge on any atom is 0.312 e. The Morgan fingerprint density at radius 3 is 2.62 bits per heavy atom. The summed E-state index contributed by atoms with van der Waals surface area (Å²) in [6.45, 7) is 0.888. The molecule has 1 unspecified atom stereocenters. The molecule has 4 aliphatic rings. The highest BCUT2D eigenvalue weighted by molar-refractivity contribution is 5.82. The average molecular weight is 222 g/mol. The summed E-state index contributed by atoms with van der Waals surface area (Å²) >= 11 is 0. The van der Waals surface area contributed by atoms with Gasteiger partial charge in [-0.15, -0.1) is 0 Å². The summed E-state index contributed by atoms with van der Waals surface area (Å²) in [5.74, 6) is 0.688. The lowest BCUT2D eigenvalue weighted by molar-refractivity contribution is -0.154. The minimum Gasteiger partial charge on any atom is -0.469 e. The van der Waals surface area contributed by atoms with Crippen LogP contribution >= 0.6 is 0 Å². The molecule has 4 fully saturated rings. The van der Waals surface area contributed by atoms with Crippen molar-refractivity contribution in [2.75, 3.05) is 13.7 Å². The molecule has 0 bridgehead atoms. The van der Waals surface area contributed by atoms with Gasteiger partial charge in [0.1, 0.15) is 0 Å². The Kier molecular flexibility index (Phi) is 1.46. The molecule has 0 aromatic rings. The van der Waals surface area contributed by atoms with Crippen molar-refractivity contribution in [3.63, 3.8) is 0 Å². The summed E-state index contributed by atoms with van der Waals surface area (Å²) in [7, 11) is 1.53. The monoisotopic (exact) mass is 222 g/mol. The lowest BCUT2D eigenvalue weighted by atomic mass is 9.77. The fourth-order valence-electron chi connectivity index (χ4n) is 4.16. The first-order valence-electron chi connectivity index (χ1n) is 6.39. The molecule has 88 valence electrons. The first-order valence-corrected chi connectivity index (χ1v) is 6.39. The van der Waals surface area contributed by atoms with Gasteiger partial charge in [-0.3, -0.25) is 4.79 Å². The minimum atomic E-state index is -0.105. The van der Waals surface area contributed by atoms with E-state index in [9.17, 15) is 4.79 Å². The van der Waals surface area contributed by atoms with E-state index in [-0.39, 0.29) is 22.4 Å². The maximum atomic E-state index is 12.0. The molecule has 16 heavy (non-hydrogen) atoms. The van der Waals surface area contributed by atoms with Crippen LogP contribution in [0.2, 0.25) is 0 Å². The molecule has 1 saturated heterocycles. The van der Waals surface area contributed by atoms with Gasteiger partial charge >= 0.3 is 5.97 Å². The van der Waals surface area contributed by atoms with Gasteiger partial charge < -0.3 is 9.47 Å². The number of methoxy groups -OCH3 is 1. The molecule has 0 aromatic carbocycles. The molecule has 3 aliphatic carbocycles. The van der Waals surface area contributed by atoms with E-state index >= 15 is 0 Å². The topological polar surface area (TPSA) is 35.5 Å². The van der Waals surface area contributed by atoms with Crippen LogP contribution in [0.4, 0.5) is 0 Å². The van der Waals surface area contributed by atoms with Crippen LogP contribution in [0.15, 0.2) is 0 Å². The summed E-state index contributed by atoms with van der Waals surface area (Å²) in [5, 5.41) is 0. The van der Waals surface area contributed by atoms with Gasteiger partial charge in [0.15, 0.2) is 0 Å². The Morgan fingerprint density at radius 1 is 1.31 bits per heavy atom. The second kappa shape index (κ2) is 2.47. The van der Waals surface area contributed by atoms with Crippen molar-refractivity contribution in [3.05, 3.63) is 0 Å². The third-order valence-corrected chi connectivity index (χ3v) is 5.55. The van der Waals surface area contributed by atoms with Gasteiger partial charge in [-0.1, -0.05) is 0 Å². The molecular weight excluding hydrogens is 204 g/mol. The molecule has 2 atom stereocenters. The van der Waals surface area contributed by atoms with Gasteiger partial charge in [0.2, 0.25) is 0 Å². The lowest BCUT2D eigenvalue weighted by Gasteiger charge is -2.34. The van der Waals surface area contributed by atoms with Crippen LogP contribution in [-0.4, -0.2) is 25.3 Å². The van der Waals surface area contributed by atoms with Gasteiger partial charge in [0.05, 0.1) is 24.7 Å². The standard InChI is InChI=1S/C13H18O3/c1-15-10(14)12(4-5-12)13-6-9(13)7-16-11(8-13)2-3-11/h9H,2-8H2,1H3/t9?,13-/m1/s1. The van der Waals surface area contributed by atoms with E-state index in [0.717, 1.165) is 25.9 Å². The van der Waals surface area contributed by atoms with Crippen LogP contribution < -0.4 is 0 Å². The Morgan fingerprint density at radius 2 is 2.06 bits per heavy atom. The van der Waals surface area contributed by atoms with Crippen molar-refractivity contribution in [3.8, 4) is 0 Å². The zero-order valence-electron chi connectivity index (χ0n) is 9.75. The quantitative estimate of drug-likeness (QED) is 0.669. The predicted octanol–water partition coefficient (Wildman–Crippen LogP) is 1.90. The van der Waals surface area contributed by atoms with E-state index in [1.807, 2.05) is 0 Å². The van der Waals surface area contributed by atoms with Gasteiger partial charge in [-0.25, -0.2) is 0 Å². The van der Waals surface area contributed by atoms with E-state index in [4.69, 9.17) is 9.47 Å². The number of ether oxygens (including phenoxy) is 2. The van der Waals surface area contributed by atoms with E-state index < -0.39 is 0 Å². The van der Waals surface area contributed by atoms with E-state index in [0.29, 0.717) is 5.92 Å². The lowest BCUT2D eigenvalue weighted by Crippen LogP contribution is -2.38. The maximum absolute atomic E-state index is 12.0. The molecule has 0 radical (unpaired) electrons. The van der Waals surface area contributed by atoms with E-state index in [1.165, 1.54) is 26.4 Å². The summed E-state index contributed by atoms with van der Waals surface area (Å²) in [5.41, 5.74) is 0.344. The molecule has 0 N–H and O–H groups in total. The van der Waals surface area contributed by atoms with Crippen molar-refractivity contribution in [2.24, 2.45) is 16.7 Å². The molecular formula is C13H18O3. The third kappa shape index (κ3) is 0.922. The number of hydrogen-bond donors (Lipinski definition) is 0. The first-order chi connectivity index (χ1) is 7.66. The summed E-state index contributed by atoms with van der Waals surface area (Å²) in [4.78, 5) is 12.0. The Bertz CT molecular complexity index is 367. The highest BCUT2D eigenvalue weighted by Gasteiger charge is 2.78. The molecule has 1 heterocycles. The largest absolute Gasteiger partial charge is 0.469 e. The van der Waals surface area contributed by atoms with E-state index in [2.05, 4.69) is 0 Å². The third-order valence-electron chi connectivity index (χ3n) is 5.55. The summed E-state index contributed by atoms with van der Waals surface area (Å²) in [6, 6.07) is 0. The minimum absolute atomic E-state index is 0.0488. The zero-order chi connectivity index (χ0) is 11.0. The fraction of sp³-hybridized carbons (Fsp3) is 0.923. The SMILES string of the molecule is COC(=O)C1([C@@]23CC2COC2(CC2)C3)CC1. The summed E-state index contributed by atoms with van der Waals surface area (Å²) in [6.07, 6.45) is 6.83. The highest BCUT2D eigenvalue weighted by Crippen LogP contribution is 2.79. The van der Waals surface area contributed by atoms with Crippen molar-refractivity contribution in [2.45, 2.75) is 44.1 Å². The van der Waals surface area contributed by atoms with Crippen molar-refractivity contribution < 1.29 is 14.3 Å². The van der Waals surface area contributed by atoms with Gasteiger partial charge in [-0.2, -0.15) is 0 Å². The second-order valence-corrected chi connectivity index (χ2v) is 6.30. The van der Waals surface area contributed by atoms with Gasteiger partial charge in [-0.05, 0) is 49.9 Å². The molecule has 3 nitrogen and oxygen atoms in total. The van der Waals surface area contributed by atoms with Crippen LogP contribution in [0, 0.1) is 16.7 Å². The van der Waals surface area contributed by atoms with Crippen LogP contribution in [0.3, 0.4) is 0 Å². The Hall–Kier alpha value is -0.570. The number of esters is 1. The molecule has 1 aliphatic heterocycles. The van der Waals surface area contributed by atoms with Crippen LogP contribution in [0.1, 0.15) is 38.5 Å². The molecule has 3 heteroatoms. The molecule has 0 aromatic heterocycles. The van der Waals surface area contributed by atoms with Crippen molar-refractivity contribution >= 4 is 5.97 Å². The molecule has 3 saturated carbocycles. The number of rotatable bonds is 2. The smallest absolute Gasteiger partial charge is 0.312 e. The average Bonchev–Trinajstić information content (AvgIpc) is 3.15. The number of hydrogen-bond acceptors (Lipinski definition) is 3. The zero-order valence-corrected chi connectivity index (χ0v) is 9.75. The van der Waals surface area contributed by atoms with E-state index in [1.54, 1.807) is 0 Å². The van der Waals surface area contributed by atoms with Crippen molar-refractivity contribution in [1.29, 1.82) is 0 Å². The van der Waals surface area contributed by atoms with Crippen LogP contribution in [0.25, 0.3) is 0 Å². The predicted molar refractivity (Wildman–Crippen MR) is 56.8 cm³/mol. The first kappa shape index (κ1) is 9.46. The second-order valence-electron chi connectivity index (χ2n) is 6.30. The normalized spacial score (nSPS) is 44.7. The number of carbonyl (C=O) groups is 1. The highest BCUT2D eigenvalue weighted by atomic mass is 16.5. The van der Waals surface area contributed by atoms with Gasteiger partial charge in [0, 0.05) is 0 Å². The Balaban J connectivity index is 1.65. The Labute approximate surface area is 95.5 Å². The molecule has 0 amide bonds.